The quantitative estimate of drug-likeness (QED) is 0.742. The number of amides is 1. The Morgan fingerprint density at radius 1 is 1.37 bits per heavy atom. The summed E-state index contributed by atoms with van der Waals surface area (Å²) >= 11 is 0. The van der Waals surface area contributed by atoms with Crippen LogP contribution in [-0.2, 0) is 26.9 Å². The highest BCUT2D eigenvalue weighted by molar-refractivity contribution is 7.85. The van der Waals surface area contributed by atoms with E-state index in [4.69, 9.17) is 10.5 Å². The molecule has 0 saturated heterocycles. The minimum atomic E-state index is -1.02. The van der Waals surface area contributed by atoms with Gasteiger partial charge >= 0.3 is 0 Å². The Morgan fingerprint density at radius 2 is 2.11 bits per heavy atom. The molecule has 0 radical (unpaired) electrons. The minimum absolute atomic E-state index is 0.147. The molecule has 1 rings (SSSR count). The van der Waals surface area contributed by atoms with Crippen molar-refractivity contribution in [1.82, 2.24) is 0 Å². The number of carbonyl (C=O) groups is 1. The number of methoxy groups -OCH3 is 1. The van der Waals surface area contributed by atoms with Crippen LogP contribution in [0.2, 0.25) is 0 Å². The van der Waals surface area contributed by atoms with Crippen LogP contribution in [0.5, 0.6) is 0 Å². The van der Waals surface area contributed by atoms with Crippen LogP contribution in [0.3, 0.4) is 0 Å². The molecular weight excluding hydrogens is 264 g/mol. The predicted octanol–water partition coefficient (Wildman–Crippen LogP) is 0.869. The molecule has 0 spiro atoms. The third-order valence-corrected chi connectivity index (χ3v) is 3.86. The summed E-state index contributed by atoms with van der Waals surface area (Å²) in [5.41, 5.74) is 7.20. The van der Waals surface area contributed by atoms with Crippen molar-refractivity contribution in [2.24, 2.45) is 5.73 Å². The van der Waals surface area contributed by atoms with E-state index in [-0.39, 0.29) is 12.3 Å². The zero-order valence-electron chi connectivity index (χ0n) is 11.1. The van der Waals surface area contributed by atoms with Crippen molar-refractivity contribution < 1.29 is 13.7 Å². The van der Waals surface area contributed by atoms with Crippen molar-refractivity contribution in [3.63, 3.8) is 0 Å². The highest BCUT2D eigenvalue weighted by Gasteiger charge is 2.08. The fourth-order valence-corrected chi connectivity index (χ4v) is 2.49. The number of nitrogens with two attached hydrogens (primary N) is 1. The van der Waals surface area contributed by atoms with Crippen LogP contribution < -0.4 is 11.1 Å². The second kappa shape index (κ2) is 8.79. The van der Waals surface area contributed by atoms with Crippen LogP contribution in [0.25, 0.3) is 0 Å². The number of ether oxygens (including phenoxy) is 1. The summed E-state index contributed by atoms with van der Waals surface area (Å²) in [7, 11) is 0.547. The molecule has 1 unspecified atom stereocenters. The Bertz CT molecular complexity index is 438. The van der Waals surface area contributed by atoms with Gasteiger partial charge in [0.25, 0.3) is 0 Å². The number of para-hydroxylation sites is 1. The third kappa shape index (κ3) is 5.96. The van der Waals surface area contributed by atoms with E-state index in [0.717, 1.165) is 11.3 Å². The summed E-state index contributed by atoms with van der Waals surface area (Å²) in [6.07, 6.45) is 0.231. The topological polar surface area (TPSA) is 81.4 Å². The second-order valence-electron chi connectivity index (χ2n) is 4.00. The molecule has 1 atom stereocenters. The van der Waals surface area contributed by atoms with Gasteiger partial charge in [-0.2, -0.15) is 0 Å². The molecule has 1 amide bonds. The molecule has 1 aromatic rings. The summed E-state index contributed by atoms with van der Waals surface area (Å²) < 4.78 is 16.4. The van der Waals surface area contributed by atoms with E-state index in [1.165, 1.54) is 0 Å². The molecule has 3 N–H and O–H groups in total. The molecule has 5 nitrogen and oxygen atoms in total. The van der Waals surface area contributed by atoms with Crippen molar-refractivity contribution in [2.75, 3.05) is 30.5 Å². The summed E-state index contributed by atoms with van der Waals surface area (Å²) in [5.74, 6) is 0.662. The van der Waals surface area contributed by atoms with Crippen molar-refractivity contribution >= 4 is 22.4 Å². The fourth-order valence-electron chi connectivity index (χ4n) is 1.52. The Kier molecular flexibility index (Phi) is 7.32. The van der Waals surface area contributed by atoms with Gasteiger partial charge in [-0.25, -0.2) is 0 Å². The van der Waals surface area contributed by atoms with Gasteiger partial charge in [0.15, 0.2) is 0 Å². The summed E-state index contributed by atoms with van der Waals surface area (Å²) in [5, 5.41) is 2.79. The highest BCUT2D eigenvalue weighted by Crippen LogP contribution is 2.14. The van der Waals surface area contributed by atoms with Crippen LogP contribution in [-0.4, -0.2) is 35.3 Å². The maximum absolute atomic E-state index is 11.7. The molecule has 1 aromatic carbocycles. The molecule has 106 valence electrons. The molecule has 0 heterocycles. The molecule has 0 aromatic heterocycles. The molecule has 6 heteroatoms. The van der Waals surface area contributed by atoms with Gasteiger partial charge < -0.3 is 15.8 Å². The van der Waals surface area contributed by atoms with Crippen LogP contribution >= 0.6 is 0 Å². The molecule has 19 heavy (non-hydrogen) atoms. The van der Waals surface area contributed by atoms with Gasteiger partial charge in [-0.05, 0) is 11.6 Å². The molecule has 0 saturated carbocycles. The lowest BCUT2D eigenvalue weighted by molar-refractivity contribution is -0.115. The lowest BCUT2D eigenvalue weighted by atomic mass is 10.2. The molecule has 0 bridgehead atoms. The van der Waals surface area contributed by atoms with Gasteiger partial charge in [0.05, 0.1) is 6.61 Å². The van der Waals surface area contributed by atoms with Crippen molar-refractivity contribution in [1.29, 1.82) is 0 Å². The van der Waals surface area contributed by atoms with E-state index < -0.39 is 10.8 Å². The third-order valence-electron chi connectivity index (χ3n) is 2.58. The smallest absolute Gasteiger partial charge is 0.225 e. The lowest BCUT2D eigenvalue weighted by Crippen LogP contribution is -2.18. The van der Waals surface area contributed by atoms with Crippen LogP contribution in [0, 0.1) is 0 Å². The number of rotatable bonds is 8. The SMILES string of the molecule is COCCS(=O)CCC(=O)Nc1ccccc1CN. The second-order valence-corrected chi connectivity index (χ2v) is 5.70. The normalized spacial score (nSPS) is 12.1. The summed E-state index contributed by atoms with van der Waals surface area (Å²) in [4.78, 5) is 11.7. The molecule has 0 fully saturated rings. The first-order chi connectivity index (χ1) is 9.17. The molecule has 0 aliphatic heterocycles. The van der Waals surface area contributed by atoms with Crippen molar-refractivity contribution in [3.05, 3.63) is 29.8 Å². The average Bonchev–Trinajstić information content (AvgIpc) is 2.43. The number of anilines is 1. The average molecular weight is 284 g/mol. The Morgan fingerprint density at radius 3 is 2.79 bits per heavy atom. The minimum Gasteiger partial charge on any atom is -0.384 e. The summed E-state index contributed by atoms with van der Waals surface area (Å²) in [6.45, 7) is 0.820. The molecule has 0 aliphatic rings. The monoisotopic (exact) mass is 284 g/mol. The number of hydrogen-bond donors (Lipinski definition) is 2. The Labute approximate surface area is 116 Å². The van der Waals surface area contributed by atoms with Gasteiger partial charge in [-0.3, -0.25) is 9.00 Å². The van der Waals surface area contributed by atoms with Crippen molar-refractivity contribution in [2.45, 2.75) is 13.0 Å². The number of nitrogens with one attached hydrogen (secondary N) is 1. The van der Waals surface area contributed by atoms with Gasteiger partial charge in [0, 0.05) is 48.1 Å². The van der Waals surface area contributed by atoms with Crippen molar-refractivity contribution in [3.8, 4) is 0 Å². The highest BCUT2D eigenvalue weighted by atomic mass is 32.2. The van der Waals surface area contributed by atoms with E-state index in [9.17, 15) is 9.00 Å². The number of hydrogen-bond acceptors (Lipinski definition) is 4. The summed E-state index contributed by atoms with van der Waals surface area (Å²) in [6, 6.07) is 7.39. The largest absolute Gasteiger partial charge is 0.384 e. The zero-order valence-corrected chi connectivity index (χ0v) is 11.9. The van der Waals surface area contributed by atoms with Gasteiger partial charge in [-0.15, -0.1) is 0 Å². The maximum atomic E-state index is 11.7. The van der Waals surface area contributed by atoms with E-state index >= 15 is 0 Å². The van der Waals surface area contributed by atoms with E-state index in [1.54, 1.807) is 7.11 Å². The first-order valence-corrected chi connectivity index (χ1v) is 7.58. The maximum Gasteiger partial charge on any atom is 0.225 e. The Hall–Kier alpha value is -1.24. The van der Waals surface area contributed by atoms with E-state index in [0.29, 0.717) is 24.7 Å². The van der Waals surface area contributed by atoms with Crippen LogP contribution in [0.4, 0.5) is 5.69 Å². The van der Waals surface area contributed by atoms with Crippen LogP contribution in [0.1, 0.15) is 12.0 Å². The molecule has 0 aliphatic carbocycles. The van der Waals surface area contributed by atoms with Gasteiger partial charge in [0.2, 0.25) is 5.91 Å². The number of benzene rings is 1. The van der Waals surface area contributed by atoms with E-state index in [1.807, 2.05) is 24.3 Å². The first-order valence-electron chi connectivity index (χ1n) is 6.09. The lowest BCUT2D eigenvalue weighted by Gasteiger charge is -2.09. The Balaban J connectivity index is 2.41. The first kappa shape index (κ1) is 15.8. The standard InChI is InChI=1S/C13H20N2O3S/c1-18-7-9-19(17)8-6-13(16)15-12-5-3-2-4-11(12)10-14/h2-5H,6-10,14H2,1H3,(H,15,16). The van der Waals surface area contributed by atoms with Crippen LogP contribution in [0.15, 0.2) is 24.3 Å². The van der Waals surface area contributed by atoms with E-state index in [2.05, 4.69) is 5.32 Å². The predicted molar refractivity (Wildman–Crippen MR) is 77.3 cm³/mol. The zero-order chi connectivity index (χ0) is 14.1. The fraction of sp³-hybridized carbons (Fsp3) is 0.462. The van der Waals surface area contributed by atoms with Gasteiger partial charge in [-0.1, -0.05) is 18.2 Å². The number of carbonyl (C=O) groups excluding carboxylic acids is 1. The molecular formula is C13H20N2O3S. The van der Waals surface area contributed by atoms with Gasteiger partial charge in [0.1, 0.15) is 0 Å².